The third-order valence-electron chi connectivity index (χ3n) is 7.45. The summed E-state index contributed by atoms with van der Waals surface area (Å²) in [5.41, 5.74) is 9.07. The molecule has 0 spiro atoms. The predicted molar refractivity (Wildman–Crippen MR) is 170 cm³/mol. The number of halogens is 2. The van der Waals surface area contributed by atoms with Crippen molar-refractivity contribution in [3.63, 3.8) is 0 Å². The van der Waals surface area contributed by atoms with Crippen molar-refractivity contribution in [2.24, 2.45) is 0 Å². The van der Waals surface area contributed by atoms with E-state index in [2.05, 4.69) is 0 Å². The molecule has 44 heavy (non-hydrogen) atoms. The van der Waals surface area contributed by atoms with Gasteiger partial charge in [-0.25, -0.2) is 8.78 Å². The molecule has 0 N–H and O–H groups in total. The number of aromatic nitrogens is 4. The summed E-state index contributed by atoms with van der Waals surface area (Å²) in [6.45, 7) is 0. The SMILES string of the molecule is Fc1ccc(-c2c(-c3ccc(F)cc3)c(-c3ccccn3)c(-c3ccccn3)c(-c3ccccn3)c2-c2ccccn2)cc1. The lowest BCUT2D eigenvalue weighted by Crippen LogP contribution is -2.04. The van der Waals surface area contributed by atoms with E-state index in [1.807, 2.05) is 72.8 Å². The van der Waals surface area contributed by atoms with Crippen LogP contribution in [0.1, 0.15) is 0 Å². The Bertz CT molecular complexity index is 1880. The van der Waals surface area contributed by atoms with Gasteiger partial charge in [-0.2, -0.15) is 0 Å². The van der Waals surface area contributed by atoms with Crippen molar-refractivity contribution >= 4 is 0 Å². The van der Waals surface area contributed by atoms with Crippen LogP contribution in [0, 0.1) is 11.6 Å². The van der Waals surface area contributed by atoms with E-state index in [1.54, 1.807) is 49.1 Å². The molecule has 0 aliphatic carbocycles. The molecule has 0 saturated carbocycles. The van der Waals surface area contributed by atoms with Gasteiger partial charge in [0.15, 0.2) is 0 Å². The zero-order valence-electron chi connectivity index (χ0n) is 23.4. The summed E-state index contributed by atoms with van der Waals surface area (Å²) in [7, 11) is 0. The van der Waals surface area contributed by atoms with Crippen molar-refractivity contribution < 1.29 is 8.78 Å². The van der Waals surface area contributed by atoms with Crippen LogP contribution in [0.2, 0.25) is 0 Å². The van der Waals surface area contributed by atoms with Gasteiger partial charge in [0.05, 0.1) is 22.8 Å². The van der Waals surface area contributed by atoms with E-state index in [0.29, 0.717) is 22.8 Å². The first kappa shape index (κ1) is 27.0. The molecule has 0 bridgehead atoms. The summed E-state index contributed by atoms with van der Waals surface area (Å²) >= 11 is 0. The van der Waals surface area contributed by atoms with Crippen molar-refractivity contribution in [3.8, 4) is 67.3 Å². The molecule has 0 saturated heterocycles. The van der Waals surface area contributed by atoms with E-state index in [1.165, 1.54) is 24.3 Å². The highest BCUT2D eigenvalue weighted by Crippen LogP contribution is 2.54. The van der Waals surface area contributed by atoms with Crippen LogP contribution in [0.25, 0.3) is 67.3 Å². The quantitative estimate of drug-likeness (QED) is 0.198. The Kier molecular flexibility index (Phi) is 7.22. The van der Waals surface area contributed by atoms with Gasteiger partial charge in [0, 0.05) is 58.2 Å². The molecule has 4 aromatic heterocycles. The maximum absolute atomic E-state index is 14.4. The van der Waals surface area contributed by atoms with Gasteiger partial charge in [0.1, 0.15) is 11.6 Å². The minimum Gasteiger partial charge on any atom is -0.256 e. The molecule has 0 radical (unpaired) electrons. The molecular weight excluding hydrogens is 550 g/mol. The molecule has 0 atom stereocenters. The fraction of sp³-hybridized carbons (Fsp3) is 0. The monoisotopic (exact) mass is 574 g/mol. The number of nitrogens with zero attached hydrogens (tertiary/aromatic N) is 4. The largest absolute Gasteiger partial charge is 0.256 e. The normalized spacial score (nSPS) is 11.0. The third-order valence-corrected chi connectivity index (χ3v) is 7.45. The Morgan fingerprint density at radius 2 is 0.568 bits per heavy atom. The zero-order valence-corrected chi connectivity index (χ0v) is 23.4. The minimum absolute atomic E-state index is 0.350. The second-order valence-corrected chi connectivity index (χ2v) is 10.1. The van der Waals surface area contributed by atoms with Crippen LogP contribution < -0.4 is 0 Å². The van der Waals surface area contributed by atoms with Crippen LogP contribution in [0.4, 0.5) is 8.78 Å². The molecule has 6 heteroatoms. The Labute approximate surface area is 253 Å². The fourth-order valence-electron chi connectivity index (χ4n) is 5.63. The average molecular weight is 575 g/mol. The molecule has 0 fully saturated rings. The molecule has 7 rings (SSSR count). The number of pyridine rings is 4. The maximum Gasteiger partial charge on any atom is 0.123 e. The van der Waals surface area contributed by atoms with Gasteiger partial charge in [0.25, 0.3) is 0 Å². The second-order valence-electron chi connectivity index (χ2n) is 10.1. The first-order valence-electron chi connectivity index (χ1n) is 14.1. The van der Waals surface area contributed by atoms with Crippen molar-refractivity contribution in [2.45, 2.75) is 0 Å². The lowest BCUT2D eigenvalue weighted by molar-refractivity contribution is 0.627. The summed E-state index contributed by atoms with van der Waals surface area (Å²) in [6.07, 6.45) is 7.00. The zero-order chi connectivity index (χ0) is 29.9. The first-order chi connectivity index (χ1) is 21.7. The van der Waals surface area contributed by atoms with E-state index in [9.17, 15) is 8.78 Å². The van der Waals surface area contributed by atoms with Crippen LogP contribution in [0.15, 0.2) is 146 Å². The van der Waals surface area contributed by atoms with E-state index in [0.717, 1.165) is 44.5 Å². The Balaban J connectivity index is 1.81. The van der Waals surface area contributed by atoms with E-state index < -0.39 is 0 Å². The molecular formula is C38H24F2N4. The van der Waals surface area contributed by atoms with Crippen molar-refractivity contribution in [1.82, 2.24) is 19.9 Å². The van der Waals surface area contributed by atoms with Crippen LogP contribution in [0.5, 0.6) is 0 Å². The lowest BCUT2D eigenvalue weighted by atomic mass is 9.77. The molecule has 210 valence electrons. The molecule has 4 nitrogen and oxygen atoms in total. The highest BCUT2D eigenvalue weighted by atomic mass is 19.1. The molecule has 0 aliphatic heterocycles. The van der Waals surface area contributed by atoms with Gasteiger partial charge in [-0.05, 0) is 83.9 Å². The maximum atomic E-state index is 14.4. The van der Waals surface area contributed by atoms with Crippen LogP contribution in [-0.2, 0) is 0 Å². The number of rotatable bonds is 6. The fourth-order valence-corrected chi connectivity index (χ4v) is 5.63. The van der Waals surface area contributed by atoms with E-state index >= 15 is 0 Å². The minimum atomic E-state index is -0.350. The highest BCUT2D eigenvalue weighted by molar-refractivity contribution is 6.13. The van der Waals surface area contributed by atoms with Gasteiger partial charge in [-0.15, -0.1) is 0 Å². The number of hydrogen-bond acceptors (Lipinski definition) is 4. The third kappa shape index (κ3) is 5.03. The van der Waals surface area contributed by atoms with Crippen LogP contribution in [-0.4, -0.2) is 19.9 Å². The lowest BCUT2D eigenvalue weighted by Gasteiger charge is -2.27. The van der Waals surface area contributed by atoms with Crippen LogP contribution in [0.3, 0.4) is 0 Å². The molecule has 0 amide bonds. The topological polar surface area (TPSA) is 51.6 Å². The average Bonchev–Trinajstić information content (AvgIpc) is 3.09. The van der Waals surface area contributed by atoms with E-state index in [4.69, 9.17) is 19.9 Å². The van der Waals surface area contributed by atoms with Gasteiger partial charge in [0.2, 0.25) is 0 Å². The Morgan fingerprint density at radius 3 is 0.818 bits per heavy atom. The number of hydrogen-bond donors (Lipinski definition) is 0. The van der Waals surface area contributed by atoms with Gasteiger partial charge >= 0.3 is 0 Å². The van der Waals surface area contributed by atoms with Crippen molar-refractivity contribution in [2.75, 3.05) is 0 Å². The van der Waals surface area contributed by atoms with Gasteiger partial charge in [-0.1, -0.05) is 48.5 Å². The summed E-state index contributed by atoms with van der Waals surface area (Å²) < 4.78 is 28.8. The molecule has 4 heterocycles. The molecule has 3 aromatic carbocycles. The molecule has 0 unspecified atom stereocenters. The molecule has 7 aromatic rings. The standard InChI is InChI=1S/C38H24F2N4/c39-27-17-13-25(14-18-27)33-34(26-15-19-28(40)20-16-26)36(30-10-2-6-22-42-30)38(32-12-4-8-24-44-32)37(31-11-3-7-23-43-31)35(33)29-9-1-5-21-41-29/h1-24H. The van der Waals surface area contributed by atoms with Crippen molar-refractivity contribution in [1.29, 1.82) is 0 Å². The number of benzene rings is 3. The summed E-state index contributed by atoms with van der Waals surface area (Å²) in [5, 5.41) is 0. The smallest absolute Gasteiger partial charge is 0.123 e. The first-order valence-corrected chi connectivity index (χ1v) is 14.1. The highest BCUT2D eigenvalue weighted by Gasteiger charge is 2.30. The summed E-state index contributed by atoms with van der Waals surface area (Å²) in [5.74, 6) is -0.701. The van der Waals surface area contributed by atoms with Crippen molar-refractivity contribution in [3.05, 3.63) is 158 Å². The Hall–Kier alpha value is -5.88. The van der Waals surface area contributed by atoms with E-state index in [-0.39, 0.29) is 11.6 Å². The second kappa shape index (κ2) is 11.8. The molecule has 0 aliphatic rings. The summed E-state index contributed by atoms with van der Waals surface area (Å²) in [6, 6.07) is 35.9. The van der Waals surface area contributed by atoms with Gasteiger partial charge in [-0.3, -0.25) is 19.9 Å². The summed E-state index contributed by atoms with van der Waals surface area (Å²) in [4.78, 5) is 19.3. The predicted octanol–water partition coefficient (Wildman–Crippen LogP) is 9.55. The van der Waals surface area contributed by atoms with Crippen LogP contribution >= 0.6 is 0 Å². The van der Waals surface area contributed by atoms with Gasteiger partial charge < -0.3 is 0 Å². The Morgan fingerprint density at radius 1 is 0.295 bits per heavy atom.